The number of fused-ring (bicyclic) bond motifs is 1. The normalized spacial score (nSPS) is 12.1. The van der Waals surface area contributed by atoms with Crippen molar-refractivity contribution >= 4 is 11.4 Å². The molecule has 1 N–H and O–H groups in total. The minimum atomic E-state index is -0.318. The third kappa shape index (κ3) is 6.99. The molecule has 10 heteroatoms. The molecule has 2 aromatic heterocycles. The van der Waals surface area contributed by atoms with Gasteiger partial charge in [-0.05, 0) is 48.9 Å². The molecular weight excluding hydrogens is 486 g/mol. The number of nitrogens with zero attached hydrogens (tertiary/aromatic N) is 4. The van der Waals surface area contributed by atoms with Gasteiger partial charge in [0.2, 0.25) is 11.5 Å². The highest BCUT2D eigenvalue weighted by atomic mass is 16.6. The largest absolute Gasteiger partial charge is 0.486 e. The minimum Gasteiger partial charge on any atom is -0.486 e. The average molecular weight is 528 g/mol. The number of hydrogen-bond acceptors (Lipinski definition) is 8. The van der Waals surface area contributed by atoms with E-state index in [9.17, 15) is 4.79 Å². The SMILES string of the molecule is CCC(CC)Oc1cc(C)c2nn(CC(=O)c3cc(OC(COC)COC)cc(C(C)(C)C)c3)c(=N)n2n1. The van der Waals surface area contributed by atoms with E-state index in [0.29, 0.717) is 36.1 Å². The van der Waals surface area contributed by atoms with E-state index >= 15 is 0 Å². The molecule has 10 nitrogen and oxygen atoms in total. The number of methoxy groups -OCH3 is 2. The first-order chi connectivity index (χ1) is 18.0. The predicted octanol–water partition coefficient (Wildman–Crippen LogP) is 4.11. The summed E-state index contributed by atoms with van der Waals surface area (Å²) in [6.45, 7) is 12.8. The number of ketones is 1. The van der Waals surface area contributed by atoms with Crippen molar-refractivity contribution in [1.82, 2.24) is 19.4 Å². The van der Waals surface area contributed by atoms with Crippen molar-refractivity contribution in [3.63, 3.8) is 0 Å². The molecule has 0 atom stereocenters. The van der Waals surface area contributed by atoms with Crippen LogP contribution in [0.25, 0.3) is 5.65 Å². The lowest BCUT2D eigenvalue weighted by Gasteiger charge is -2.23. The van der Waals surface area contributed by atoms with Crippen LogP contribution in [0.4, 0.5) is 0 Å². The molecule has 0 spiro atoms. The molecule has 208 valence electrons. The predicted molar refractivity (Wildman–Crippen MR) is 144 cm³/mol. The smallest absolute Gasteiger partial charge is 0.242 e. The molecule has 0 aliphatic rings. The zero-order valence-electron chi connectivity index (χ0n) is 23.8. The van der Waals surface area contributed by atoms with E-state index in [2.05, 4.69) is 44.8 Å². The van der Waals surface area contributed by atoms with Crippen molar-refractivity contribution in [2.45, 2.75) is 78.6 Å². The number of benzene rings is 1. The van der Waals surface area contributed by atoms with E-state index in [4.69, 9.17) is 24.4 Å². The highest BCUT2D eigenvalue weighted by molar-refractivity contribution is 5.96. The summed E-state index contributed by atoms with van der Waals surface area (Å²) in [7, 11) is 3.21. The van der Waals surface area contributed by atoms with Gasteiger partial charge in [-0.25, -0.2) is 4.68 Å². The first kappa shape index (κ1) is 29.3. The number of nitrogens with one attached hydrogen (secondary N) is 1. The van der Waals surface area contributed by atoms with Crippen LogP contribution in [0.1, 0.15) is 68.9 Å². The second kappa shape index (κ2) is 12.5. The fourth-order valence-electron chi connectivity index (χ4n) is 4.09. The highest BCUT2D eigenvalue weighted by Crippen LogP contribution is 2.29. The summed E-state index contributed by atoms with van der Waals surface area (Å²) in [5, 5.41) is 17.6. The van der Waals surface area contributed by atoms with E-state index in [-0.39, 0.29) is 35.6 Å². The Labute approximate surface area is 224 Å². The van der Waals surface area contributed by atoms with Crippen LogP contribution in [0.3, 0.4) is 0 Å². The minimum absolute atomic E-state index is 0.00449. The summed E-state index contributed by atoms with van der Waals surface area (Å²) in [6, 6.07) is 7.36. The maximum Gasteiger partial charge on any atom is 0.242 e. The van der Waals surface area contributed by atoms with Gasteiger partial charge in [0.15, 0.2) is 11.4 Å². The quantitative estimate of drug-likeness (QED) is 0.333. The van der Waals surface area contributed by atoms with Crippen LogP contribution in [0, 0.1) is 12.3 Å². The molecule has 0 radical (unpaired) electrons. The van der Waals surface area contributed by atoms with E-state index in [1.807, 2.05) is 25.1 Å². The lowest BCUT2D eigenvalue weighted by Crippen LogP contribution is -2.28. The Kier molecular flexibility index (Phi) is 9.67. The number of hydrogen-bond donors (Lipinski definition) is 1. The average Bonchev–Trinajstić information content (AvgIpc) is 3.17. The Morgan fingerprint density at radius 3 is 2.21 bits per heavy atom. The summed E-state index contributed by atoms with van der Waals surface area (Å²) >= 11 is 0. The second-order valence-corrected chi connectivity index (χ2v) is 10.5. The number of carbonyl (C=O) groups excluding carboxylic acids is 1. The van der Waals surface area contributed by atoms with Gasteiger partial charge in [-0.1, -0.05) is 34.6 Å². The number of ether oxygens (including phenoxy) is 4. The van der Waals surface area contributed by atoms with E-state index in [0.717, 1.165) is 24.0 Å². The molecule has 3 rings (SSSR count). The lowest BCUT2D eigenvalue weighted by atomic mass is 9.85. The second-order valence-electron chi connectivity index (χ2n) is 10.5. The Morgan fingerprint density at radius 1 is 0.974 bits per heavy atom. The molecule has 0 amide bonds. The first-order valence-electron chi connectivity index (χ1n) is 13.0. The maximum absolute atomic E-state index is 13.5. The van der Waals surface area contributed by atoms with Crippen molar-refractivity contribution in [2.24, 2.45) is 0 Å². The summed E-state index contributed by atoms with van der Waals surface area (Å²) in [5.41, 5.74) is 2.54. The number of aryl methyl sites for hydroxylation is 1. The van der Waals surface area contributed by atoms with Crippen LogP contribution in [0.5, 0.6) is 11.6 Å². The van der Waals surface area contributed by atoms with Crippen LogP contribution in [-0.2, 0) is 21.4 Å². The lowest BCUT2D eigenvalue weighted by molar-refractivity contribution is 0.0244. The molecule has 2 heterocycles. The zero-order valence-corrected chi connectivity index (χ0v) is 23.8. The maximum atomic E-state index is 13.5. The Hall–Kier alpha value is -3.24. The molecule has 0 saturated heterocycles. The molecule has 0 fully saturated rings. The van der Waals surface area contributed by atoms with E-state index in [1.165, 1.54) is 9.20 Å². The number of Topliss-reactive ketones (excluding diaryl/α,β-unsaturated/α-hetero) is 1. The van der Waals surface area contributed by atoms with Crippen LogP contribution in [0.2, 0.25) is 0 Å². The van der Waals surface area contributed by atoms with Crippen molar-refractivity contribution in [1.29, 1.82) is 5.41 Å². The van der Waals surface area contributed by atoms with Crippen LogP contribution in [0.15, 0.2) is 24.3 Å². The number of carbonyl (C=O) groups is 1. The standard InChI is InChI=1S/C28H41N5O5/c1-9-21(10-2)38-25-11-18(3)26-31-32(27(29)33(26)30-25)15-24(34)19-12-20(28(4,5)6)14-22(13-19)37-23(16-35-7)17-36-8/h11-14,21,23,29H,9-10,15-17H2,1-8H3. The van der Waals surface area contributed by atoms with E-state index in [1.54, 1.807) is 20.3 Å². The van der Waals surface area contributed by atoms with Gasteiger partial charge < -0.3 is 18.9 Å². The number of aromatic nitrogens is 4. The Balaban J connectivity index is 1.94. The molecule has 38 heavy (non-hydrogen) atoms. The first-order valence-corrected chi connectivity index (χ1v) is 13.0. The van der Waals surface area contributed by atoms with E-state index < -0.39 is 0 Å². The topological polar surface area (TPSA) is 113 Å². The van der Waals surface area contributed by atoms with Gasteiger partial charge in [0.1, 0.15) is 18.4 Å². The van der Waals surface area contributed by atoms with Gasteiger partial charge in [-0.2, -0.15) is 4.52 Å². The molecular formula is C28H41N5O5. The summed E-state index contributed by atoms with van der Waals surface area (Å²) in [4.78, 5) is 13.5. The van der Waals surface area contributed by atoms with Crippen molar-refractivity contribution < 1.29 is 23.7 Å². The zero-order chi connectivity index (χ0) is 28.0. The third-order valence-electron chi connectivity index (χ3n) is 6.35. The van der Waals surface area contributed by atoms with Crippen LogP contribution >= 0.6 is 0 Å². The van der Waals surface area contributed by atoms with Gasteiger partial charge in [0.05, 0.1) is 19.3 Å². The van der Waals surface area contributed by atoms with Crippen molar-refractivity contribution in [3.05, 3.63) is 46.6 Å². The summed E-state index contributed by atoms with van der Waals surface area (Å²) in [6.07, 6.45) is 1.45. The molecule has 0 bridgehead atoms. The van der Waals surface area contributed by atoms with Gasteiger partial charge in [-0.15, -0.1) is 10.2 Å². The summed E-state index contributed by atoms with van der Waals surface area (Å²) < 4.78 is 25.4. The number of rotatable bonds is 13. The fraction of sp³-hybridized carbons (Fsp3) is 0.571. The van der Waals surface area contributed by atoms with Crippen molar-refractivity contribution in [3.8, 4) is 11.6 Å². The molecule has 3 aromatic rings. The molecule has 0 saturated carbocycles. The molecule has 0 aliphatic heterocycles. The Bertz CT molecular complexity index is 1300. The third-order valence-corrected chi connectivity index (χ3v) is 6.35. The van der Waals surface area contributed by atoms with Gasteiger partial charge in [0.25, 0.3) is 0 Å². The van der Waals surface area contributed by atoms with Crippen molar-refractivity contribution in [2.75, 3.05) is 27.4 Å². The van der Waals surface area contributed by atoms with Gasteiger partial charge in [0, 0.05) is 31.4 Å². The fourth-order valence-corrected chi connectivity index (χ4v) is 4.09. The van der Waals surface area contributed by atoms with Gasteiger partial charge >= 0.3 is 0 Å². The highest BCUT2D eigenvalue weighted by Gasteiger charge is 2.21. The Morgan fingerprint density at radius 2 is 1.63 bits per heavy atom. The van der Waals surface area contributed by atoms with Crippen LogP contribution < -0.4 is 15.1 Å². The monoisotopic (exact) mass is 527 g/mol. The summed E-state index contributed by atoms with van der Waals surface area (Å²) in [5.74, 6) is 0.810. The molecule has 0 aliphatic carbocycles. The molecule has 1 aromatic carbocycles. The molecule has 0 unspecified atom stereocenters. The van der Waals surface area contributed by atoms with Crippen LogP contribution in [-0.4, -0.2) is 64.8 Å². The van der Waals surface area contributed by atoms with Gasteiger partial charge in [-0.3, -0.25) is 10.2 Å².